The molecule has 0 radical (unpaired) electrons. The van der Waals surface area contributed by atoms with Crippen LogP contribution in [0.4, 0.5) is 0 Å². The quantitative estimate of drug-likeness (QED) is 0.411. The van der Waals surface area contributed by atoms with Gasteiger partial charge in [0.25, 0.3) is 0 Å². The molecule has 0 amide bonds. The largest absolute Gasteiger partial charge is 0.374 e. The van der Waals surface area contributed by atoms with E-state index in [1.807, 2.05) is 24.2 Å². The Morgan fingerprint density at radius 3 is 2.33 bits per heavy atom. The van der Waals surface area contributed by atoms with Gasteiger partial charge in [0.15, 0.2) is 0 Å². The molecular formula is C18H34N2O. The van der Waals surface area contributed by atoms with Crippen molar-refractivity contribution in [2.45, 2.75) is 90.4 Å². The van der Waals surface area contributed by atoms with Crippen LogP contribution in [0.15, 0.2) is 24.6 Å². The van der Waals surface area contributed by atoms with Crippen molar-refractivity contribution in [3.8, 4) is 0 Å². The second-order valence-corrected chi connectivity index (χ2v) is 6.05. The lowest BCUT2D eigenvalue weighted by atomic mass is 10.1. The van der Waals surface area contributed by atoms with E-state index in [0.29, 0.717) is 0 Å². The summed E-state index contributed by atoms with van der Waals surface area (Å²) in [5.74, 6) is 0. The molecule has 1 aliphatic heterocycles. The molecule has 1 rings (SSSR count). The van der Waals surface area contributed by atoms with E-state index in [1.54, 1.807) is 0 Å². The molecule has 0 bridgehead atoms. The van der Waals surface area contributed by atoms with Gasteiger partial charge in [-0.15, -0.1) is 0 Å². The van der Waals surface area contributed by atoms with Crippen molar-refractivity contribution in [2.75, 3.05) is 0 Å². The van der Waals surface area contributed by atoms with E-state index in [4.69, 9.17) is 0 Å². The Labute approximate surface area is 131 Å². The van der Waals surface area contributed by atoms with Gasteiger partial charge in [0.1, 0.15) is 12.4 Å². The van der Waals surface area contributed by atoms with Gasteiger partial charge in [-0.2, -0.15) is 0 Å². The van der Waals surface area contributed by atoms with Crippen LogP contribution < -0.4 is 5.32 Å². The molecule has 0 aromatic carbocycles. The summed E-state index contributed by atoms with van der Waals surface area (Å²) in [6, 6.07) is 0. The van der Waals surface area contributed by atoms with Gasteiger partial charge in [-0.3, -0.25) is 0 Å². The normalized spacial score (nSPS) is 19.4. The molecule has 0 spiro atoms. The Balaban J connectivity index is 1.87. The lowest BCUT2D eigenvalue weighted by molar-refractivity contribution is 0.0254. The Bertz CT molecular complexity index is 300. The Morgan fingerprint density at radius 1 is 1.10 bits per heavy atom. The number of rotatable bonds is 12. The van der Waals surface area contributed by atoms with E-state index in [-0.39, 0.29) is 6.17 Å². The van der Waals surface area contributed by atoms with Gasteiger partial charge in [0.2, 0.25) is 0 Å². The van der Waals surface area contributed by atoms with Crippen LogP contribution in [0, 0.1) is 0 Å². The monoisotopic (exact) mass is 294 g/mol. The third-order valence-corrected chi connectivity index (χ3v) is 4.16. The third-order valence-electron chi connectivity index (χ3n) is 4.16. The first-order valence-corrected chi connectivity index (χ1v) is 8.75. The zero-order chi connectivity index (χ0) is 15.3. The minimum atomic E-state index is -0.399. The molecule has 3 heteroatoms. The Hall–Kier alpha value is -0.960. The highest BCUT2D eigenvalue weighted by Crippen LogP contribution is 2.16. The van der Waals surface area contributed by atoms with Gasteiger partial charge >= 0.3 is 0 Å². The molecule has 0 saturated carbocycles. The van der Waals surface area contributed by atoms with Crippen molar-refractivity contribution < 1.29 is 5.11 Å². The fourth-order valence-electron chi connectivity index (χ4n) is 2.87. The lowest BCUT2D eigenvalue weighted by Gasteiger charge is -2.28. The van der Waals surface area contributed by atoms with Crippen LogP contribution in [0.1, 0.15) is 78.1 Å². The standard InChI is InChI=1S/C18H34N2O/c1-3-4-5-6-7-8-9-10-11-12-13-14-18-19-15-16-20(18)17(2)21/h3-4,15-19,21H,5-14H2,1-2H3/b4-3+. The summed E-state index contributed by atoms with van der Waals surface area (Å²) >= 11 is 0. The SMILES string of the molecule is C/C=C/CCCCCCCCCCC1NC=CN1C(C)O. The van der Waals surface area contributed by atoms with Crippen LogP contribution in [0.2, 0.25) is 0 Å². The van der Waals surface area contributed by atoms with Gasteiger partial charge in [0, 0.05) is 12.4 Å². The fraction of sp³-hybridized carbons (Fsp3) is 0.778. The molecule has 21 heavy (non-hydrogen) atoms. The highest BCUT2D eigenvalue weighted by atomic mass is 16.3. The predicted molar refractivity (Wildman–Crippen MR) is 90.6 cm³/mol. The van der Waals surface area contributed by atoms with Gasteiger partial charge < -0.3 is 15.3 Å². The van der Waals surface area contributed by atoms with Crippen molar-refractivity contribution in [3.63, 3.8) is 0 Å². The first-order valence-electron chi connectivity index (χ1n) is 8.75. The molecule has 0 fully saturated rings. The van der Waals surface area contributed by atoms with Crippen molar-refractivity contribution in [2.24, 2.45) is 0 Å². The Kier molecular flexibility index (Phi) is 10.1. The molecule has 2 N–H and O–H groups in total. The molecule has 1 heterocycles. The fourth-order valence-corrected chi connectivity index (χ4v) is 2.87. The minimum Gasteiger partial charge on any atom is -0.374 e. The summed E-state index contributed by atoms with van der Waals surface area (Å²) in [5, 5.41) is 12.9. The summed E-state index contributed by atoms with van der Waals surface area (Å²) in [6.07, 6.45) is 21.3. The van der Waals surface area contributed by atoms with E-state index in [0.717, 1.165) is 6.42 Å². The Morgan fingerprint density at radius 2 is 1.71 bits per heavy atom. The molecule has 2 atom stereocenters. The zero-order valence-electron chi connectivity index (χ0n) is 13.9. The van der Waals surface area contributed by atoms with Gasteiger partial charge in [-0.1, -0.05) is 50.7 Å². The number of hydrogen-bond donors (Lipinski definition) is 2. The highest BCUT2D eigenvalue weighted by molar-refractivity contribution is 4.94. The molecule has 122 valence electrons. The highest BCUT2D eigenvalue weighted by Gasteiger charge is 2.20. The molecule has 0 aromatic heterocycles. The summed E-state index contributed by atoms with van der Waals surface area (Å²) in [4.78, 5) is 1.99. The number of aliphatic hydroxyl groups excluding tert-OH is 1. The van der Waals surface area contributed by atoms with Crippen LogP contribution in [0.25, 0.3) is 0 Å². The van der Waals surface area contributed by atoms with Crippen molar-refractivity contribution in [3.05, 3.63) is 24.6 Å². The predicted octanol–water partition coefficient (Wildman–Crippen LogP) is 4.50. The number of allylic oxidation sites excluding steroid dienone is 2. The van der Waals surface area contributed by atoms with Gasteiger partial charge in [0.05, 0.1) is 0 Å². The van der Waals surface area contributed by atoms with Crippen molar-refractivity contribution in [1.82, 2.24) is 10.2 Å². The van der Waals surface area contributed by atoms with Crippen LogP contribution in [-0.2, 0) is 0 Å². The molecule has 3 nitrogen and oxygen atoms in total. The van der Waals surface area contributed by atoms with Crippen LogP contribution in [0.3, 0.4) is 0 Å². The summed E-state index contributed by atoms with van der Waals surface area (Å²) < 4.78 is 0. The van der Waals surface area contributed by atoms with Crippen molar-refractivity contribution in [1.29, 1.82) is 0 Å². The summed E-state index contributed by atoms with van der Waals surface area (Å²) in [6.45, 7) is 3.91. The molecular weight excluding hydrogens is 260 g/mol. The molecule has 0 aliphatic carbocycles. The average molecular weight is 294 g/mol. The van der Waals surface area contributed by atoms with Crippen LogP contribution in [0.5, 0.6) is 0 Å². The molecule has 2 unspecified atom stereocenters. The lowest BCUT2D eigenvalue weighted by Crippen LogP contribution is -2.40. The van der Waals surface area contributed by atoms with E-state index < -0.39 is 6.23 Å². The van der Waals surface area contributed by atoms with E-state index in [1.165, 1.54) is 57.8 Å². The number of unbranched alkanes of at least 4 members (excludes halogenated alkanes) is 8. The average Bonchev–Trinajstić information content (AvgIpc) is 2.93. The number of aliphatic hydroxyl groups is 1. The summed E-state index contributed by atoms with van der Waals surface area (Å²) in [7, 11) is 0. The topological polar surface area (TPSA) is 35.5 Å². The first-order chi connectivity index (χ1) is 10.3. The molecule has 0 aromatic rings. The molecule has 0 saturated heterocycles. The van der Waals surface area contributed by atoms with Crippen LogP contribution in [-0.4, -0.2) is 22.4 Å². The second kappa shape index (κ2) is 11.7. The zero-order valence-corrected chi connectivity index (χ0v) is 13.9. The number of nitrogens with zero attached hydrogens (tertiary/aromatic N) is 1. The van der Waals surface area contributed by atoms with E-state index in [2.05, 4.69) is 24.4 Å². The number of hydrogen-bond acceptors (Lipinski definition) is 3. The molecule has 1 aliphatic rings. The maximum absolute atomic E-state index is 9.63. The van der Waals surface area contributed by atoms with Crippen LogP contribution >= 0.6 is 0 Å². The van der Waals surface area contributed by atoms with E-state index >= 15 is 0 Å². The van der Waals surface area contributed by atoms with E-state index in [9.17, 15) is 5.11 Å². The maximum Gasteiger partial charge on any atom is 0.125 e. The van der Waals surface area contributed by atoms with Crippen molar-refractivity contribution >= 4 is 0 Å². The third kappa shape index (κ3) is 8.15. The van der Waals surface area contributed by atoms with Gasteiger partial charge in [-0.05, 0) is 39.5 Å². The maximum atomic E-state index is 9.63. The minimum absolute atomic E-state index is 0.289. The van der Waals surface area contributed by atoms with Gasteiger partial charge in [-0.25, -0.2) is 0 Å². The first kappa shape index (κ1) is 18.1. The summed E-state index contributed by atoms with van der Waals surface area (Å²) in [5.41, 5.74) is 0. The second-order valence-electron chi connectivity index (χ2n) is 6.05. The number of nitrogens with one attached hydrogen (secondary N) is 1. The smallest absolute Gasteiger partial charge is 0.125 e.